The molecule has 0 aliphatic carbocycles. The quantitative estimate of drug-likeness (QED) is 0.234. The Morgan fingerprint density at radius 3 is 0.711 bits per heavy atom. The summed E-state index contributed by atoms with van der Waals surface area (Å²) < 4.78 is 0. The molecule has 0 saturated carbocycles. The molecule has 5 aromatic rings. The van der Waals surface area contributed by atoms with Crippen molar-refractivity contribution in [2.45, 2.75) is 55.4 Å². The van der Waals surface area contributed by atoms with Gasteiger partial charge in [0.15, 0.2) is 0 Å². The summed E-state index contributed by atoms with van der Waals surface area (Å²) in [4.78, 5) is 0. The second kappa shape index (κ2) is 10.1. The second-order valence-corrected chi connectivity index (χ2v) is 11.0. The minimum Gasteiger partial charge on any atom is -0.0587 e. The molecule has 0 N–H and O–H groups in total. The molecular weight excluding hydrogens is 456 g/mol. The molecule has 2 radical (unpaired) electrons. The molecule has 38 heavy (non-hydrogen) atoms. The molecule has 0 atom stereocenters. The monoisotopic (exact) mass is 492 g/mol. The van der Waals surface area contributed by atoms with Crippen LogP contribution in [0.25, 0.3) is 44.5 Å². The van der Waals surface area contributed by atoms with Crippen molar-refractivity contribution in [1.82, 2.24) is 0 Å². The molecule has 0 fully saturated rings. The summed E-state index contributed by atoms with van der Waals surface area (Å²) in [5.41, 5.74) is 19.4. The van der Waals surface area contributed by atoms with E-state index >= 15 is 0 Å². The maximum Gasteiger partial charge on any atom is -0.0000728 e. The highest BCUT2D eigenvalue weighted by atomic mass is 14.2. The average molecular weight is 493 g/mol. The van der Waals surface area contributed by atoms with Crippen molar-refractivity contribution in [2.75, 3.05) is 0 Å². The van der Waals surface area contributed by atoms with Gasteiger partial charge in [0.05, 0.1) is 0 Å². The van der Waals surface area contributed by atoms with Gasteiger partial charge < -0.3 is 0 Å². The highest BCUT2D eigenvalue weighted by Crippen LogP contribution is 2.44. The van der Waals surface area contributed by atoms with E-state index in [1.165, 1.54) is 66.8 Å². The Balaban J connectivity index is 1.93. The first-order chi connectivity index (χ1) is 18.1. The maximum absolute atomic E-state index is 3.98. The Morgan fingerprint density at radius 2 is 0.526 bits per heavy atom. The lowest BCUT2D eigenvalue weighted by molar-refractivity contribution is 1.35. The number of rotatable bonds is 4. The highest BCUT2D eigenvalue weighted by molar-refractivity contribution is 5.96. The number of benzene rings is 5. The highest BCUT2D eigenvalue weighted by Gasteiger charge is 2.20. The van der Waals surface area contributed by atoms with Crippen molar-refractivity contribution >= 4 is 0 Å². The SMILES string of the molecule is Cc1ccc(-c2[c]c(-c3ccc(C)cc3C)c(-c3ccc(C)cc3C)[c]c2-c2ccc(C)cc2C)c(C)c1. The predicted molar refractivity (Wildman–Crippen MR) is 164 cm³/mol. The van der Waals surface area contributed by atoms with E-state index in [0.29, 0.717) is 0 Å². The van der Waals surface area contributed by atoms with Crippen molar-refractivity contribution < 1.29 is 0 Å². The fourth-order valence-electron chi connectivity index (χ4n) is 5.68. The van der Waals surface area contributed by atoms with Gasteiger partial charge in [0.2, 0.25) is 0 Å². The Labute approximate surface area is 229 Å². The average Bonchev–Trinajstić information content (AvgIpc) is 2.84. The van der Waals surface area contributed by atoms with E-state index in [1.807, 2.05) is 0 Å². The fourth-order valence-corrected chi connectivity index (χ4v) is 5.68. The van der Waals surface area contributed by atoms with Crippen LogP contribution in [0.2, 0.25) is 0 Å². The van der Waals surface area contributed by atoms with Crippen LogP contribution in [0.15, 0.2) is 72.8 Å². The first-order valence-electron chi connectivity index (χ1n) is 13.5. The van der Waals surface area contributed by atoms with E-state index in [9.17, 15) is 0 Å². The number of hydrogen-bond acceptors (Lipinski definition) is 0. The third-order valence-corrected chi connectivity index (χ3v) is 7.60. The largest absolute Gasteiger partial charge is 0.0587 e. The smallest absolute Gasteiger partial charge is 0.0000728 e. The van der Waals surface area contributed by atoms with Crippen molar-refractivity contribution in [1.29, 1.82) is 0 Å². The van der Waals surface area contributed by atoms with Crippen LogP contribution in [0.1, 0.15) is 44.5 Å². The van der Waals surface area contributed by atoms with Gasteiger partial charge in [0, 0.05) is 0 Å². The molecule has 0 aliphatic heterocycles. The third-order valence-electron chi connectivity index (χ3n) is 7.60. The fraction of sp³-hybridized carbons (Fsp3) is 0.211. The summed E-state index contributed by atoms with van der Waals surface area (Å²) >= 11 is 0. The zero-order valence-electron chi connectivity index (χ0n) is 23.9. The predicted octanol–water partition coefficient (Wildman–Crippen LogP) is 10.4. The van der Waals surface area contributed by atoms with Gasteiger partial charge in [0.25, 0.3) is 0 Å². The Morgan fingerprint density at radius 1 is 0.316 bits per heavy atom. The minimum atomic E-state index is 1.11. The van der Waals surface area contributed by atoms with Gasteiger partial charge in [-0.1, -0.05) is 95.1 Å². The molecule has 5 aromatic carbocycles. The van der Waals surface area contributed by atoms with Gasteiger partial charge in [0.1, 0.15) is 0 Å². The second-order valence-electron chi connectivity index (χ2n) is 11.0. The van der Waals surface area contributed by atoms with Crippen LogP contribution in [-0.2, 0) is 0 Å². The molecule has 0 aliphatic rings. The number of hydrogen-bond donors (Lipinski definition) is 0. The van der Waals surface area contributed by atoms with Gasteiger partial charge in [-0.25, -0.2) is 0 Å². The number of aryl methyl sites for hydroxylation is 8. The normalized spacial score (nSPS) is 11.2. The maximum atomic E-state index is 3.98. The molecule has 0 saturated heterocycles. The molecule has 5 rings (SSSR count). The van der Waals surface area contributed by atoms with E-state index in [4.69, 9.17) is 0 Å². The molecular formula is C38H36. The van der Waals surface area contributed by atoms with Gasteiger partial charge in [-0.2, -0.15) is 0 Å². The summed E-state index contributed by atoms with van der Waals surface area (Å²) in [5.74, 6) is 0. The lowest BCUT2D eigenvalue weighted by atomic mass is 9.82. The molecule has 0 heterocycles. The molecule has 0 nitrogen and oxygen atoms in total. The Bertz CT molecular complexity index is 1430. The van der Waals surface area contributed by atoms with Crippen LogP contribution in [-0.4, -0.2) is 0 Å². The van der Waals surface area contributed by atoms with E-state index in [0.717, 1.165) is 22.3 Å². The standard InChI is InChI=1S/C38H36/c1-23-9-13-31(27(5)17-23)35-21-37(33-15-11-25(3)19-29(33)7)38(34-16-12-26(4)20-30(34)8)22-36(35)32-14-10-24(2)18-28(32)6/h9-20H,1-8H3. The molecule has 188 valence electrons. The molecule has 0 amide bonds. The molecule has 0 spiro atoms. The third kappa shape index (κ3) is 4.84. The van der Waals surface area contributed by atoms with Crippen LogP contribution < -0.4 is 0 Å². The molecule has 0 heteroatoms. The first kappa shape index (κ1) is 25.7. The molecule has 0 aromatic heterocycles. The van der Waals surface area contributed by atoms with Crippen LogP contribution in [0, 0.1) is 67.5 Å². The van der Waals surface area contributed by atoms with Crippen LogP contribution in [0.4, 0.5) is 0 Å². The van der Waals surface area contributed by atoms with E-state index < -0.39 is 0 Å². The zero-order valence-corrected chi connectivity index (χ0v) is 23.9. The van der Waals surface area contributed by atoms with E-state index in [2.05, 4.69) is 140 Å². The van der Waals surface area contributed by atoms with Crippen molar-refractivity contribution in [3.8, 4) is 44.5 Å². The summed E-state index contributed by atoms with van der Waals surface area (Å²) in [6.07, 6.45) is 0. The minimum absolute atomic E-state index is 1.11. The van der Waals surface area contributed by atoms with E-state index in [1.54, 1.807) is 0 Å². The first-order valence-corrected chi connectivity index (χ1v) is 13.5. The lowest BCUT2D eigenvalue weighted by Crippen LogP contribution is -1.98. The van der Waals surface area contributed by atoms with Crippen molar-refractivity contribution in [3.05, 3.63) is 129 Å². The van der Waals surface area contributed by atoms with Gasteiger partial charge in [-0.05, 0) is 134 Å². The summed E-state index contributed by atoms with van der Waals surface area (Å²) in [7, 11) is 0. The van der Waals surface area contributed by atoms with Gasteiger partial charge >= 0.3 is 0 Å². The molecule has 0 bridgehead atoms. The van der Waals surface area contributed by atoms with Gasteiger partial charge in [-0.15, -0.1) is 0 Å². The Hall–Kier alpha value is -3.90. The zero-order chi connectivity index (χ0) is 27.1. The van der Waals surface area contributed by atoms with E-state index in [-0.39, 0.29) is 0 Å². The van der Waals surface area contributed by atoms with Gasteiger partial charge in [-0.3, -0.25) is 0 Å². The van der Waals surface area contributed by atoms with Crippen LogP contribution in [0.5, 0.6) is 0 Å². The summed E-state index contributed by atoms with van der Waals surface area (Å²) in [6.45, 7) is 17.4. The molecule has 0 unspecified atom stereocenters. The Kier molecular flexibility index (Phi) is 6.84. The van der Waals surface area contributed by atoms with Crippen molar-refractivity contribution in [3.63, 3.8) is 0 Å². The van der Waals surface area contributed by atoms with Crippen LogP contribution in [0.3, 0.4) is 0 Å². The van der Waals surface area contributed by atoms with Crippen LogP contribution >= 0.6 is 0 Å². The summed E-state index contributed by atoms with van der Waals surface area (Å²) in [6, 6.07) is 34.9. The van der Waals surface area contributed by atoms with Crippen molar-refractivity contribution in [2.24, 2.45) is 0 Å². The lowest BCUT2D eigenvalue weighted by Gasteiger charge is -2.21. The topological polar surface area (TPSA) is 0 Å². The summed E-state index contributed by atoms with van der Waals surface area (Å²) in [5, 5.41) is 0.